The van der Waals surface area contributed by atoms with Crippen molar-refractivity contribution in [2.24, 2.45) is 5.16 Å². The van der Waals surface area contributed by atoms with Crippen LogP contribution >= 0.6 is 15.9 Å². The van der Waals surface area contributed by atoms with Crippen LogP contribution in [0.4, 0.5) is 4.79 Å². The molecule has 0 bridgehead atoms. The van der Waals surface area contributed by atoms with E-state index in [0.717, 1.165) is 5.56 Å². The van der Waals surface area contributed by atoms with Gasteiger partial charge in [-0.1, -0.05) is 35.0 Å². The van der Waals surface area contributed by atoms with Crippen molar-refractivity contribution in [1.82, 2.24) is 15.1 Å². The van der Waals surface area contributed by atoms with E-state index in [-0.39, 0.29) is 6.03 Å². The maximum absolute atomic E-state index is 11.4. The summed E-state index contributed by atoms with van der Waals surface area (Å²) in [5.74, 6) is 0. The number of hydrogen-bond donors (Lipinski definition) is 1. The van der Waals surface area contributed by atoms with Crippen LogP contribution in [0.25, 0.3) is 0 Å². The van der Waals surface area contributed by atoms with Gasteiger partial charge in [0.2, 0.25) is 0 Å². The van der Waals surface area contributed by atoms with E-state index < -0.39 is 0 Å². The number of aryl methyl sites for hydroxylation is 1. The fourth-order valence-corrected chi connectivity index (χ4v) is 2.05. The first-order valence-corrected chi connectivity index (χ1v) is 7.07. The Hall–Kier alpha value is -2.15. The van der Waals surface area contributed by atoms with Crippen LogP contribution in [0.5, 0.6) is 0 Å². The third kappa shape index (κ3) is 4.16. The van der Waals surface area contributed by atoms with Gasteiger partial charge in [0.25, 0.3) is 0 Å². The van der Waals surface area contributed by atoms with E-state index >= 15 is 0 Å². The van der Waals surface area contributed by atoms with Gasteiger partial charge in [0, 0.05) is 7.05 Å². The number of oxime groups is 1. The molecule has 2 rings (SSSR count). The fourth-order valence-electron chi connectivity index (χ4n) is 1.67. The Morgan fingerprint density at radius 2 is 2.38 bits per heavy atom. The molecule has 110 valence electrons. The summed E-state index contributed by atoms with van der Waals surface area (Å²) >= 11 is 3.31. The van der Waals surface area contributed by atoms with E-state index in [2.05, 4.69) is 31.5 Å². The monoisotopic (exact) mass is 350 g/mol. The lowest BCUT2D eigenvalue weighted by Gasteiger charge is -2.00. The molecule has 0 saturated heterocycles. The minimum absolute atomic E-state index is 0.323. The van der Waals surface area contributed by atoms with Crippen molar-refractivity contribution in [3.05, 3.63) is 51.8 Å². The molecule has 0 aliphatic heterocycles. The second-order valence-corrected chi connectivity index (χ2v) is 5.21. The van der Waals surface area contributed by atoms with Gasteiger partial charge < -0.3 is 10.2 Å². The Bertz CT molecular complexity index is 667. The summed E-state index contributed by atoms with van der Waals surface area (Å²) in [5.41, 5.74) is 2.73. The number of amides is 1. The van der Waals surface area contributed by atoms with Crippen molar-refractivity contribution in [3.63, 3.8) is 0 Å². The van der Waals surface area contributed by atoms with Crippen LogP contribution < -0.4 is 5.32 Å². The molecule has 0 saturated carbocycles. The van der Waals surface area contributed by atoms with Gasteiger partial charge in [-0.3, -0.25) is 0 Å². The summed E-state index contributed by atoms with van der Waals surface area (Å²) in [6.45, 7) is 2.40. The highest BCUT2D eigenvalue weighted by atomic mass is 79.9. The van der Waals surface area contributed by atoms with Crippen molar-refractivity contribution in [1.29, 1.82) is 0 Å². The van der Waals surface area contributed by atoms with Crippen molar-refractivity contribution in [3.8, 4) is 0 Å². The van der Waals surface area contributed by atoms with Crippen LogP contribution in [0.1, 0.15) is 16.8 Å². The number of carbonyl (C=O) groups excluding carboxylic acids is 1. The zero-order valence-corrected chi connectivity index (χ0v) is 13.3. The molecule has 6 nitrogen and oxygen atoms in total. The van der Waals surface area contributed by atoms with Crippen molar-refractivity contribution in [2.45, 2.75) is 13.5 Å². The minimum atomic E-state index is -0.323. The zero-order valence-electron chi connectivity index (χ0n) is 11.7. The largest absolute Gasteiger partial charge is 0.391 e. The van der Waals surface area contributed by atoms with Gasteiger partial charge in [0.15, 0.2) is 0 Å². The second kappa shape index (κ2) is 7.03. The molecule has 1 heterocycles. The summed E-state index contributed by atoms with van der Waals surface area (Å²) in [7, 11) is 1.54. The first-order chi connectivity index (χ1) is 10.1. The first kappa shape index (κ1) is 15.2. The number of nitrogens with zero attached hydrogens (tertiary/aromatic N) is 3. The molecule has 0 spiro atoms. The quantitative estimate of drug-likeness (QED) is 0.680. The van der Waals surface area contributed by atoms with E-state index in [1.807, 2.05) is 31.2 Å². The van der Waals surface area contributed by atoms with Crippen molar-refractivity contribution in [2.75, 3.05) is 7.05 Å². The smallest absolute Gasteiger partial charge is 0.341 e. The van der Waals surface area contributed by atoms with Gasteiger partial charge in [-0.25, -0.2) is 4.79 Å². The van der Waals surface area contributed by atoms with Crippen LogP contribution in [0.3, 0.4) is 0 Å². The number of benzene rings is 1. The van der Waals surface area contributed by atoms with Crippen molar-refractivity contribution < 1.29 is 9.63 Å². The van der Waals surface area contributed by atoms with Crippen LogP contribution in [0.15, 0.2) is 40.1 Å². The average molecular weight is 351 g/mol. The first-order valence-electron chi connectivity index (χ1n) is 6.28. The fraction of sp³-hybridized carbons (Fsp3) is 0.214. The number of rotatable bonds is 4. The molecule has 0 fully saturated rings. The summed E-state index contributed by atoms with van der Waals surface area (Å²) < 4.78 is 1.85. The van der Waals surface area contributed by atoms with Gasteiger partial charge in [-0.2, -0.15) is 9.78 Å². The Labute approximate surface area is 130 Å². The van der Waals surface area contributed by atoms with Gasteiger partial charge in [-0.15, -0.1) is 0 Å². The summed E-state index contributed by atoms with van der Waals surface area (Å²) in [6.07, 6.45) is 3.01. The van der Waals surface area contributed by atoms with E-state index in [1.54, 1.807) is 6.20 Å². The number of carbonyl (C=O) groups is 1. The van der Waals surface area contributed by atoms with Crippen LogP contribution in [0, 0.1) is 6.92 Å². The number of halogens is 1. The lowest BCUT2D eigenvalue weighted by molar-refractivity contribution is 0.132. The molecular formula is C14H15BrN4O2. The number of aromatic nitrogens is 2. The van der Waals surface area contributed by atoms with E-state index in [9.17, 15) is 4.79 Å². The Morgan fingerprint density at radius 1 is 1.57 bits per heavy atom. The molecule has 21 heavy (non-hydrogen) atoms. The highest BCUT2D eigenvalue weighted by Gasteiger charge is 2.08. The van der Waals surface area contributed by atoms with E-state index in [1.165, 1.54) is 23.5 Å². The molecule has 0 radical (unpaired) electrons. The van der Waals surface area contributed by atoms with E-state index in [4.69, 9.17) is 4.84 Å². The molecule has 0 unspecified atom stereocenters. The molecule has 2 aromatic rings. The van der Waals surface area contributed by atoms with E-state index in [0.29, 0.717) is 16.8 Å². The Balaban J connectivity index is 1.95. The Kier molecular flexibility index (Phi) is 5.10. The predicted molar refractivity (Wildman–Crippen MR) is 83.3 cm³/mol. The molecule has 1 N–H and O–H groups in total. The standard InChI is InChI=1S/C14H15BrN4O2/c1-10-4-3-5-11(6-10)9-21-17-7-13-12(15)8-19(18-13)14(20)16-2/h3-8H,9H2,1-2H3,(H,16,20). The molecule has 1 aromatic carbocycles. The predicted octanol–water partition coefficient (Wildman–Crippen LogP) is 2.69. The number of hydrogen-bond acceptors (Lipinski definition) is 4. The maximum Gasteiger partial charge on any atom is 0.341 e. The van der Waals surface area contributed by atoms with Gasteiger partial charge in [0.1, 0.15) is 12.3 Å². The highest BCUT2D eigenvalue weighted by Crippen LogP contribution is 2.13. The topological polar surface area (TPSA) is 68.5 Å². The van der Waals surface area contributed by atoms with Crippen LogP contribution in [-0.4, -0.2) is 29.1 Å². The summed E-state index contributed by atoms with van der Waals surface area (Å²) in [5, 5.41) is 10.4. The lowest BCUT2D eigenvalue weighted by Crippen LogP contribution is -2.24. The van der Waals surface area contributed by atoms with Crippen LogP contribution in [0.2, 0.25) is 0 Å². The third-order valence-electron chi connectivity index (χ3n) is 2.68. The Morgan fingerprint density at radius 3 is 3.10 bits per heavy atom. The molecule has 0 aliphatic rings. The molecule has 7 heteroatoms. The molecular weight excluding hydrogens is 336 g/mol. The van der Waals surface area contributed by atoms with Crippen LogP contribution in [-0.2, 0) is 11.4 Å². The SMILES string of the molecule is CNC(=O)n1cc(Br)c(C=NOCc2cccc(C)c2)n1. The second-order valence-electron chi connectivity index (χ2n) is 4.36. The molecule has 1 aromatic heterocycles. The maximum atomic E-state index is 11.4. The summed E-state index contributed by atoms with van der Waals surface area (Å²) in [4.78, 5) is 16.6. The molecule has 1 amide bonds. The minimum Gasteiger partial charge on any atom is -0.391 e. The van der Waals surface area contributed by atoms with Crippen molar-refractivity contribution >= 4 is 28.2 Å². The highest BCUT2D eigenvalue weighted by molar-refractivity contribution is 9.10. The lowest BCUT2D eigenvalue weighted by atomic mass is 10.1. The normalized spacial score (nSPS) is 10.8. The molecule has 0 aliphatic carbocycles. The van der Waals surface area contributed by atoms with Gasteiger partial charge >= 0.3 is 6.03 Å². The number of nitrogens with one attached hydrogen (secondary N) is 1. The zero-order chi connectivity index (χ0) is 15.2. The van der Waals surface area contributed by atoms with Gasteiger partial charge in [0.05, 0.1) is 16.9 Å². The average Bonchev–Trinajstić information content (AvgIpc) is 2.84. The third-order valence-corrected chi connectivity index (χ3v) is 3.29. The molecule has 0 atom stereocenters. The summed E-state index contributed by atoms with van der Waals surface area (Å²) in [6, 6.07) is 7.68. The van der Waals surface area contributed by atoms with Gasteiger partial charge in [-0.05, 0) is 28.4 Å².